The van der Waals surface area contributed by atoms with Crippen molar-refractivity contribution < 1.29 is 14.7 Å². The number of carbonyl (C=O) groups excluding carboxylic acids is 1. The van der Waals surface area contributed by atoms with E-state index in [0.29, 0.717) is 6.42 Å². The number of nitrogens with one attached hydrogen (secondary N) is 1. The second kappa shape index (κ2) is 2.85. The molecule has 1 aromatic carbocycles. The van der Waals surface area contributed by atoms with Gasteiger partial charge in [0.15, 0.2) is 0 Å². The van der Waals surface area contributed by atoms with Crippen molar-refractivity contribution >= 4 is 33.5 Å². The quantitative estimate of drug-likeness (QED) is 0.824. The number of amides is 1. The number of carboxylic acid groups (broad SMARTS) is 1. The van der Waals surface area contributed by atoms with E-state index < -0.39 is 17.3 Å². The lowest BCUT2D eigenvalue weighted by molar-refractivity contribution is -0.140. The Bertz CT molecular complexity index is 528. The van der Waals surface area contributed by atoms with Crippen molar-refractivity contribution in [3.8, 4) is 0 Å². The minimum absolute atomic E-state index is 0.187. The van der Waals surface area contributed by atoms with Crippen LogP contribution in [0.15, 0.2) is 22.7 Å². The Labute approximate surface area is 99.8 Å². The Morgan fingerprint density at radius 3 is 2.94 bits per heavy atom. The molecule has 2 atom stereocenters. The van der Waals surface area contributed by atoms with Crippen LogP contribution in [0, 0.1) is 5.92 Å². The minimum Gasteiger partial charge on any atom is -0.481 e. The molecular weight excluding hydrogens is 274 g/mol. The first-order valence-electron chi connectivity index (χ1n) is 4.90. The minimum atomic E-state index is -0.900. The molecule has 82 valence electrons. The summed E-state index contributed by atoms with van der Waals surface area (Å²) in [4.78, 5) is 22.8. The lowest BCUT2D eigenvalue weighted by Crippen LogP contribution is -2.24. The molecule has 16 heavy (non-hydrogen) atoms. The molecule has 2 unspecified atom stereocenters. The maximum atomic E-state index is 11.9. The molecule has 1 aliphatic heterocycles. The van der Waals surface area contributed by atoms with E-state index in [1.54, 1.807) is 6.07 Å². The normalized spacial score (nSPS) is 30.1. The topological polar surface area (TPSA) is 66.4 Å². The maximum absolute atomic E-state index is 11.9. The number of halogens is 1. The molecule has 1 aromatic rings. The summed E-state index contributed by atoms with van der Waals surface area (Å²) in [5, 5.41) is 11.7. The van der Waals surface area contributed by atoms with Gasteiger partial charge in [-0.1, -0.05) is 15.9 Å². The van der Waals surface area contributed by atoms with Crippen molar-refractivity contribution in [1.29, 1.82) is 0 Å². The van der Waals surface area contributed by atoms with Gasteiger partial charge in [0.2, 0.25) is 5.91 Å². The molecule has 0 radical (unpaired) electrons. The molecular formula is C11H8BrNO3. The molecule has 0 saturated heterocycles. The number of carboxylic acids is 1. The van der Waals surface area contributed by atoms with Gasteiger partial charge >= 0.3 is 5.97 Å². The zero-order valence-electron chi connectivity index (χ0n) is 8.16. The zero-order chi connectivity index (χ0) is 11.5. The molecule has 1 fully saturated rings. The van der Waals surface area contributed by atoms with Gasteiger partial charge in [0.25, 0.3) is 0 Å². The first-order chi connectivity index (χ1) is 7.55. The fraction of sp³-hybridized carbons (Fsp3) is 0.273. The highest BCUT2D eigenvalue weighted by atomic mass is 79.9. The highest BCUT2D eigenvalue weighted by Gasteiger charge is 2.68. The van der Waals surface area contributed by atoms with E-state index in [9.17, 15) is 9.59 Å². The first kappa shape index (κ1) is 9.84. The summed E-state index contributed by atoms with van der Waals surface area (Å²) in [5.41, 5.74) is 0.724. The van der Waals surface area contributed by atoms with Crippen LogP contribution in [0.1, 0.15) is 12.0 Å². The van der Waals surface area contributed by atoms with Crippen LogP contribution in [-0.4, -0.2) is 17.0 Å². The molecule has 3 rings (SSSR count). The largest absolute Gasteiger partial charge is 0.481 e. The molecule has 4 nitrogen and oxygen atoms in total. The maximum Gasteiger partial charge on any atom is 0.307 e. The fourth-order valence-electron chi connectivity index (χ4n) is 2.46. The molecule has 1 heterocycles. The van der Waals surface area contributed by atoms with Gasteiger partial charge in [-0.25, -0.2) is 0 Å². The lowest BCUT2D eigenvalue weighted by Gasteiger charge is -2.06. The van der Waals surface area contributed by atoms with Crippen molar-refractivity contribution in [3.05, 3.63) is 28.2 Å². The Kier molecular flexibility index (Phi) is 1.75. The zero-order valence-corrected chi connectivity index (χ0v) is 9.74. The number of hydrogen-bond acceptors (Lipinski definition) is 2. The van der Waals surface area contributed by atoms with Gasteiger partial charge in [-0.3, -0.25) is 9.59 Å². The van der Waals surface area contributed by atoms with Crippen LogP contribution in [0.25, 0.3) is 0 Å². The van der Waals surface area contributed by atoms with Gasteiger partial charge in [-0.2, -0.15) is 0 Å². The Morgan fingerprint density at radius 2 is 2.31 bits per heavy atom. The predicted octanol–water partition coefficient (Wildman–Crippen LogP) is 1.74. The third-order valence-corrected chi connectivity index (χ3v) is 3.87. The average molecular weight is 282 g/mol. The van der Waals surface area contributed by atoms with Crippen LogP contribution in [0.4, 0.5) is 5.69 Å². The van der Waals surface area contributed by atoms with Gasteiger partial charge < -0.3 is 10.4 Å². The summed E-state index contributed by atoms with van der Waals surface area (Å²) in [6.07, 6.45) is 0.400. The van der Waals surface area contributed by atoms with Crippen molar-refractivity contribution in [1.82, 2.24) is 0 Å². The van der Waals surface area contributed by atoms with Gasteiger partial charge in [0.05, 0.1) is 11.3 Å². The third kappa shape index (κ3) is 1.04. The Morgan fingerprint density at radius 1 is 1.56 bits per heavy atom. The highest BCUT2D eigenvalue weighted by Crippen LogP contribution is 2.60. The van der Waals surface area contributed by atoms with Gasteiger partial charge in [0.1, 0.15) is 0 Å². The van der Waals surface area contributed by atoms with Crippen molar-refractivity contribution in [2.24, 2.45) is 5.92 Å². The van der Waals surface area contributed by atoms with Gasteiger partial charge in [-0.05, 0) is 30.2 Å². The Balaban J connectivity index is 2.14. The summed E-state index contributed by atoms with van der Waals surface area (Å²) < 4.78 is 0.859. The lowest BCUT2D eigenvalue weighted by atomic mass is 9.95. The van der Waals surface area contributed by atoms with E-state index in [2.05, 4.69) is 21.2 Å². The van der Waals surface area contributed by atoms with Crippen LogP contribution < -0.4 is 5.32 Å². The van der Waals surface area contributed by atoms with Gasteiger partial charge in [-0.15, -0.1) is 0 Å². The number of fused-ring (bicyclic) bond motifs is 2. The first-order valence-corrected chi connectivity index (χ1v) is 5.69. The molecule has 1 aliphatic carbocycles. The summed E-state index contributed by atoms with van der Waals surface area (Å²) in [6.45, 7) is 0. The van der Waals surface area contributed by atoms with E-state index in [-0.39, 0.29) is 5.91 Å². The Hall–Kier alpha value is -1.36. The van der Waals surface area contributed by atoms with E-state index in [1.807, 2.05) is 12.1 Å². The molecule has 0 bridgehead atoms. The number of benzene rings is 1. The van der Waals surface area contributed by atoms with Gasteiger partial charge in [0, 0.05) is 10.2 Å². The van der Waals surface area contributed by atoms with Crippen LogP contribution in [-0.2, 0) is 15.0 Å². The molecule has 5 heteroatoms. The average Bonchev–Trinajstić information content (AvgIpc) is 2.91. The molecule has 2 aliphatic rings. The third-order valence-electron chi connectivity index (χ3n) is 3.37. The van der Waals surface area contributed by atoms with Crippen LogP contribution in [0.3, 0.4) is 0 Å². The van der Waals surface area contributed by atoms with Crippen molar-refractivity contribution in [2.45, 2.75) is 11.8 Å². The molecule has 1 spiro atoms. The monoisotopic (exact) mass is 281 g/mol. The molecule has 1 saturated carbocycles. The number of anilines is 1. The summed E-state index contributed by atoms with van der Waals surface area (Å²) in [6, 6.07) is 5.45. The summed E-state index contributed by atoms with van der Waals surface area (Å²) in [7, 11) is 0. The number of aliphatic carboxylic acids is 1. The number of carbonyl (C=O) groups is 2. The molecule has 1 amide bonds. The molecule has 2 N–H and O–H groups in total. The smallest absolute Gasteiger partial charge is 0.307 e. The highest BCUT2D eigenvalue weighted by molar-refractivity contribution is 9.10. The van der Waals surface area contributed by atoms with E-state index in [0.717, 1.165) is 15.7 Å². The number of hydrogen-bond donors (Lipinski definition) is 2. The predicted molar refractivity (Wildman–Crippen MR) is 60.2 cm³/mol. The number of rotatable bonds is 1. The molecule has 0 aromatic heterocycles. The second-order valence-corrected chi connectivity index (χ2v) is 5.13. The van der Waals surface area contributed by atoms with Crippen molar-refractivity contribution in [3.63, 3.8) is 0 Å². The van der Waals surface area contributed by atoms with E-state index in [4.69, 9.17) is 5.11 Å². The standard InChI is InChI=1S/C11H8BrNO3/c12-5-1-2-8-6(3-5)11(10(16)13-8)4-7(11)9(14)15/h1-3,7H,4H2,(H,13,16)(H,14,15). The fourth-order valence-corrected chi connectivity index (χ4v) is 2.82. The SMILES string of the molecule is O=C(O)C1CC12C(=O)Nc1ccc(Br)cc12. The van der Waals surface area contributed by atoms with E-state index >= 15 is 0 Å². The summed E-state index contributed by atoms with van der Waals surface area (Å²) in [5.74, 6) is -1.67. The summed E-state index contributed by atoms with van der Waals surface area (Å²) >= 11 is 3.33. The van der Waals surface area contributed by atoms with Crippen LogP contribution in [0.2, 0.25) is 0 Å². The van der Waals surface area contributed by atoms with Crippen LogP contribution >= 0.6 is 15.9 Å². The second-order valence-electron chi connectivity index (χ2n) is 4.21. The van der Waals surface area contributed by atoms with Crippen LogP contribution in [0.5, 0.6) is 0 Å². The van der Waals surface area contributed by atoms with Crippen molar-refractivity contribution in [2.75, 3.05) is 5.32 Å². The van der Waals surface area contributed by atoms with E-state index in [1.165, 1.54) is 0 Å².